The van der Waals surface area contributed by atoms with Crippen LogP contribution in [0.3, 0.4) is 0 Å². The van der Waals surface area contributed by atoms with Crippen LogP contribution < -0.4 is 5.32 Å². The van der Waals surface area contributed by atoms with Gasteiger partial charge >= 0.3 is 5.97 Å². The van der Waals surface area contributed by atoms with Gasteiger partial charge in [-0.15, -0.1) is 0 Å². The third-order valence-electron chi connectivity index (χ3n) is 2.27. The third-order valence-corrected chi connectivity index (χ3v) is 2.46. The maximum absolute atomic E-state index is 11.8. The minimum Gasteiger partial charge on any atom is -0.481 e. The van der Waals surface area contributed by atoms with Crippen LogP contribution in [0.1, 0.15) is 16.2 Å². The number of pyridine rings is 1. The molecule has 0 atom stereocenters. The van der Waals surface area contributed by atoms with Gasteiger partial charge in [0.05, 0.1) is 36.4 Å². The number of carboxylic acid groups (broad SMARTS) is 1. The summed E-state index contributed by atoms with van der Waals surface area (Å²) < 4.78 is 0. The minimum absolute atomic E-state index is 0.115. The average Bonchev–Trinajstić information content (AvgIpc) is 2.41. The fraction of sp³-hybridized carbons (Fsp3) is 0.0833. The third kappa shape index (κ3) is 3.72. The maximum Gasteiger partial charge on any atom is 0.309 e. The van der Waals surface area contributed by atoms with Crippen molar-refractivity contribution in [1.29, 1.82) is 0 Å². The van der Waals surface area contributed by atoms with Crippen LogP contribution in [0.2, 0.25) is 5.15 Å². The Balaban J connectivity index is 2.04. The van der Waals surface area contributed by atoms with Crippen LogP contribution in [0.4, 0.5) is 5.69 Å². The molecule has 7 nitrogen and oxygen atoms in total. The number of carbonyl (C=O) groups is 2. The highest BCUT2D eigenvalue weighted by atomic mass is 35.5. The summed E-state index contributed by atoms with van der Waals surface area (Å²) >= 11 is 5.57. The second-order valence-electron chi connectivity index (χ2n) is 3.79. The molecule has 0 fully saturated rings. The van der Waals surface area contributed by atoms with Gasteiger partial charge in [0, 0.05) is 0 Å². The number of carbonyl (C=O) groups excluding carboxylic acids is 1. The van der Waals surface area contributed by atoms with Crippen molar-refractivity contribution in [2.75, 3.05) is 5.32 Å². The van der Waals surface area contributed by atoms with Gasteiger partial charge in [0.1, 0.15) is 10.8 Å². The number of carboxylic acids is 1. The Bertz CT molecular complexity index is 628. The van der Waals surface area contributed by atoms with Crippen molar-refractivity contribution in [3.8, 4) is 0 Å². The highest BCUT2D eigenvalue weighted by molar-refractivity contribution is 6.29. The second kappa shape index (κ2) is 6.07. The van der Waals surface area contributed by atoms with Gasteiger partial charge in [-0.05, 0) is 12.1 Å². The Morgan fingerprint density at radius 1 is 1.15 bits per heavy atom. The average molecular weight is 293 g/mol. The molecule has 1 amide bonds. The molecule has 2 N–H and O–H groups in total. The topological polar surface area (TPSA) is 105 Å². The van der Waals surface area contributed by atoms with Crippen LogP contribution in [0.5, 0.6) is 0 Å². The van der Waals surface area contributed by atoms with Crippen molar-refractivity contribution >= 4 is 29.2 Å². The number of aromatic nitrogens is 3. The first-order valence-corrected chi connectivity index (χ1v) is 5.88. The summed E-state index contributed by atoms with van der Waals surface area (Å²) in [4.78, 5) is 33.8. The molecule has 0 bridgehead atoms. The van der Waals surface area contributed by atoms with Crippen LogP contribution in [0, 0.1) is 0 Å². The Morgan fingerprint density at radius 2 is 1.95 bits per heavy atom. The SMILES string of the molecule is O=C(O)Cc1ccc(NC(=O)c2cnc(Cl)cn2)cn1. The molecule has 2 aromatic heterocycles. The zero-order chi connectivity index (χ0) is 14.5. The predicted octanol–water partition coefficient (Wildman–Crippen LogP) is 1.40. The van der Waals surface area contributed by atoms with E-state index in [9.17, 15) is 9.59 Å². The lowest BCUT2D eigenvalue weighted by atomic mass is 10.2. The van der Waals surface area contributed by atoms with Crippen molar-refractivity contribution in [2.45, 2.75) is 6.42 Å². The Hall–Kier alpha value is -2.54. The number of nitrogens with zero attached hydrogens (tertiary/aromatic N) is 3. The standard InChI is InChI=1S/C12H9ClN4O3/c13-10-6-15-9(5-16-10)12(20)17-8-2-1-7(14-4-8)3-11(18)19/h1-2,4-6H,3H2,(H,17,20)(H,18,19). The molecule has 0 unspecified atom stereocenters. The summed E-state index contributed by atoms with van der Waals surface area (Å²) in [6.07, 6.45) is 3.73. The highest BCUT2D eigenvalue weighted by Gasteiger charge is 2.09. The summed E-state index contributed by atoms with van der Waals surface area (Å²) in [5, 5.41) is 11.4. The minimum atomic E-state index is -0.967. The van der Waals surface area contributed by atoms with E-state index >= 15 is 0 Å². The van der Waals surface area contributed by atoms with Crippen molar-refractivity contribution in [2.24, 2.45) is 0 Å². The molecular formula is C12H9ClN4O3. The summed E-state index contributed by atoms with van der Waals surface area (Å²) in [7, 11) is 0. The number of rotatable bonds is 4. The van der Waals surface area contributed by atoms with Gasteiger partial charge in [-0.2, -0.15) is 0 Å². The van der Waals surface area contributed by atoms with Crippen LogP contribution >= 0.6 is 11.6 Å². The number of aliphatic carboxylic acids is 1. The summed E-state index contributed by atoms with van der Waals surface area (Å²) in [5.74, 6) is -1.42. The normalized spacial score (nSPS) is 10.1. The monoisotopic (exact) mass is 292 g/mol. The largest absolute Gasteiger partial charge is 0.481 e. The molecule has 0 saturated heterocycles. The molecule has 0 radical (unpaired) electrons. The van der Waals surface area contributed by atoms with E-state index in [0.717, 1.165) is 0 Å². The maximum atomic E-state index is 11.8. The number of halogens is 1. The lowest BCUT2D eigenvalue weighted by molar-refractivity contribution is -0.136. The number of hydrogen-bond donors (Lipinski definition) is 2. The fourth-order valence-corrected chi connectivity index (χ4v) is 1.48. The Kier molecular flexibility index (Phi) is 4.21. The number of amides is 1. The second-order valence-corrected chi connectivity index (χ2v) is 4.17. The van der Waals surface area contributed by atoms with E-state index in [1.807, 2.05) is 0 Å². The first-order chi connectivity index (χ1) is 9.54. The molecule has 2 aromatic rings. The number of hydrogen-bond acceptors (Lipinski definition) is 5. The summed E-state index contributed by atoms with van der Waals surface area (Å²) in [6.45, 7) is 0. The zero-order valence-corrected chi connectivity index (χ0v) is 10.8. The molecule has 0 aliphatic heterocycles. The van der Waals surface area contributed by atoms with E-state index in [0.29, 0.717) is 11.4 Å². The van der Waals surface area contributed by atoms with Crippen LogP contribution in [-0.2, 0) is 11.2 Å². The van der Waals surface area contributed by atoms with Crippen molar-refractivity contribution in [1.82, 2.24) is 15.0 Å². The van der Waals surface area contributed by atoms with Gasteiger partial charge in [-0.1, -0.05) is 11.6 Å². The van der Waals surface area contributed by atoms with E-state index in [1.165, 1.54) is 24.7 Å². The molecule has 0 saturated carbocycles. The molecule has 20 heavy (non-hydrogen) atoms. The smallest absolute Gasteiger partial charge is 0.309 e. The van der Waals surface area contributed by atoms with E-state index in [4.69, 9.17) is 16.7 Å². The molecule has 0 aliphatic rings. The van der Waals surface area contributed by atoms with Gasteiger partial charge in [0.15, 0.2) is 0 Å². The molecule has 0 aliphatic carbocycles. The van der Waals surface area contributed by atoms with Crippen molar-refractivity contribution < 1.29 is 14.7 Å². The van der Waals surface area contributed by atoms with Crippen molar-refractivity contribution in [3.05, 3.63) is 47.3 Å². The quantitative estimate of drug-likeness (QED) is 0.882. The predicted molar refractivity (Wildman–Crippen MR) is 70.6 cm³/mol. The first kappa shape index (κ1) is 13.9. The zero-order valence-electron chi connectivity index (χ0n) is 10.1. The lowest BCUT2D eigenvalue weighted by Crippen LogP contribution is -2.14. The number of anilines is 1. The molecular weight excluding hydrogens is 284 g/mol. The van der Waals surface area contributed by atoms with Crippen molar-refractivity contribution in [3.63, 3.8) is 0 Å². The van der Waals surface area contributed by atoms with Gasteiger partial charge in [0.25, 0.3) is 5.91 Å². The molecule has 2 rings (SSSR count). The van der Waals surface area contributed by atoms with Crippen LogP contribution in [0.15, 0.2) is 30.7 Å². The molecule has 8 heteroatoms. The van der Waals surface area contributed by atoms with E-state index in [-0.39, 0.29) is 17.3 Å². The van der Waals surface area contributed by atoms with Crippen LogP contribution in [0.25, 0.3) is 0 Å². The van der Waals surface area contributed by atoms with Crippen LogP contribution in [-0.4, -0.2) is 31.9 Å². The molecule has 0 spiro atoms. The number of nitrogens with one attached hydrogen (secondary N) is 1. The Morgan fingerprint density at radius 3 is 2.50 bits per heavy atom. The first-order valence-electron chi connectivity index (χ1n) is 5.50. The summed E-state index contributed by atoms with van der Waals surface area (Å²) in [6, 6.07) is 3.09. The van der Waals surface area contributed by atoms with Gasteiger partial charge in [-0.3, -0.25) is 14.6 Å². The van der Waals surface area contributed by atoms with Gasteiger partial charge < -0.3 is 10.4 Å². The van der Waals surface area contributed by atoms with Gasteiger partial charge in [-0.25, -0.2) is 9.97 Å². The van der Waals surface area contributed by atoms with Gasteiger partial charge in [0.2, 0.25) is 0 Å². The highest BCUT2D eigenvalue weighted by Crippen LogP contribution is 2.09. The summed E-state index contributed by atoms with van der Waals surface area (Å²) in [5.41, 5.74) is 0.951. The van der Waals surface area contributed by atoms with E-state index < -0.39 is 11.9 Å². The molecule has 2 heterocycles. The fourth-order valence-electron chi connectivity index (χ4n) is 1.38. The van der Waals surface area contributed by atoms with E-state index in [1.54, 1.807) is 6.07 Å². The lowest BCUT2D eigenvalue weighted by Gasteiger charge is -2.04. The molecule has 0 aromatic carbocycles. The Labute approximate surface area is 118 Å². The molecule has 102 valence electrons. The van der Waals surface area contributed by atoms with E-state index in [2.05, 4.69) is 20.3 Å².